The van der Waals surface area contributed by atoms with E-state index in [1.807, 2.05) is 16.7 Å². The van der Waals surface area contributed by atoms with Crippen molar-refractivity contribution in [1.82, 2.24) is 9.38 Å². The second-order valence-electron chi connectivity index (χ2n) is 2.28. The Morgan fingerprint density at radius 1 is 1.55 bits per heavy atom. The molecular weight excluding hydrogens is 140 g/mol. The smallest absolute Gasteiger partial charge is 0.151 e. The van der Waals surface area contributed by atoms with Gasteiger partial charge in [0.2, 0.25) is 0 Å². The third-order valence-corrected chi connectivity index (χ3v) is 1.52. The Labute approximate surface area is 63.3 Å². The molecule has 0 spiro atoms. The van der Waals surface area contributed by atoms with Crippen molar-refractivity contribution < 1.29 is 4.79 Å². The van der Waals surface area contributed by atoms with Gasteiger partial charge in [0, 0.05) is 24.2 Å². The first-order valence-electron chi connectivity index (χ1n) is 3.28. The zero-order valence-electron chi connectivity index (χ0n) is 5.77. The molecule has 0 fully saturated rings. The Balaban J connectivity index is 2.78. The topological polar surface area (TPSA) is 34.4 Å². The SMILES string of the molecule is O=Cc1cc2ncccn2c1. The number of aldehydes is 1. The second kappa shape index (κ2) is 2.20. The summed E-state index contributed by atoms with van der Waals surface area (Å²) >= 11 is 0. The molecule has 0 saturated carbocycles. The molecule has 0 aliphatic carbocycles. The molecule has 54 valence electrons. The first kappa shape index (κ1) is 6.09. The summed E-state index contributed by atoms with van der Waals surface area (Å²) in [6.45, 7) is 0. The van der Waals surface area contributed by atoms with Gasteiger partial charge in [0.15, 0.2) is 6.29 Å². The van der Waals surface area contributed by atoms with Crippen LogP contribution in [0.1, 0.15) is 10.4 Å². The van der Waals surface area contributed by atoms with Gasteiger partial charge in [0.05, 0.1) is 0 Å². The minimum atomic E-state index is 0.656. The largest absolute Gasteiger partial charge is 0.308 e. The average molecular weight is 146 g/mol. The molecule has 2 rings (SSSR count). The van der Waals surface area contributed by atoms with E-state index in [9.17, 15) is 4.79 Å². The molecule has 2 aromatic rings. The first-order chi connectivity index (χ1) is 5.40. The Kier molecular flexibility index (Phi) is 1.22. The maximum absolute atomic E-state index is 10.3. The van der Waals surface area contributed by atoms with Crippen LogP contribution in [-0.4, -0.2) is 15.7 Å². The lowest BCUT2D eigenvalue weighted by molar-refractivity contribution is 0.112. The number of hydrogen-bond acceptors (Lipinski definition) is 2. The van der Waals surface area contributed by atoms with Gasteiger partial charge in [-0.15, -0.1) is 0 Å². The van der Waals surface area contributed by atoms with Gasteiger partial charge < -0.3 is 4.40 Å². The molecule has 0 aromatic carbocycles. The number of carbonyl (C=O) groups is 1. The van der Waals surface area contributed by atoms with E-state index in [1.54, 1.807) is 18.5 Å². The summed E-state index contributed by atoms with van der Waals surface area (Å²) in [5, 5.41) is 0. The molecule has 0 unspecified atom stereocenters. The van der Waals surface area contributed by atoms with E-state index in [0.717, 1.165) is 11.9 Å². The molecular formula is C8H6N2O. The van der Waals surface area contributed by atoms with Gasteiger partial charge in [-0.3, -0.25) is 4.79 Å². The zero-order chi connectivity index (χ0) is 7.68. The Hall–Kier alpha value is -1.64. The fourth-order valence-corrected chi connectivity index (χ4v) is 1.03. The maximum atomic E-state index is 10.3. The molecule has 0 aliphatic heterocycles. The van der Waals surface area contributed by atoms with Gasteiger partial charge in [0.25, 0.3) is 0 Å². The van der Waals surface area contributed by atoms with Crippen LogP contribution in [0.15, 0.2) is 30.7 Å². The first-order valence-corrected chi connectivity index (χ1v) is 3.28. The van der Waals surface area contributed by atoms with E-state index in [4.69, 9.17) is 0 Å². The monoisotopic (exact) mass is 146 g/mol. The summed E-state index contributed by atoms with van der Waals surface area (Å²) in [4.78, 5) is 14.4. The second-order valence-corrected chi connectivity index (χ2v) is 2.28. The molecule has 3 heteroatoms. The number of hydrogen-bond donors (Lipinski definition) is 0. The summed E-state index contributed by atoms with van der Waals surface area (Å²) in [6, 6.07) is 3.56. The normalized spacial score (nSPS) is 10.2. The van der Waals surface area contributed by atoms with Crippen LogP contribution in [0.5, 0.6) is 0 Å². The number of aromatic nitrogens is 2. The number of carbonyl (C=O) groups excluding carboxylic acids is 1. The molecule has 0 N–H and O–H groups in total. The fourth-order valence-electron chi connectivity index (χ4n) is 1.03. The van der Waals surface area contributed by atoms with Crippen molar-refractivity contribution in [2.75, 3.05) is 0 Å². The van der Waals surface area contributed by atoms with Crippen molar-refractivity contribution >= 4 is 11.9 Å². The standard InChI is InChI=1S/C8H6N2O/c11-6-7-4-8-9-2-1-3-10(8)5-7/h1-6H. The highest BCUT2D eigenvalue weighted by atomic mass is 16.1. The predicted molar refractivity (Wildman–Crippen MR) is 40.6 cm³/mol. The molecule has 0 amide bonds. The zero-order valence-corrected chi connectivity index (χ0v) is 5.77. The van der Waals surface area contributed by atoms with Crippen molar-refractivity contribution in [3.05, 3.63) is 36.3 Å². The Morgan fingerprint density at radius 2 is 2.45 bits per heavy atom. The van der Waals surface area contributed by atoms with Crippen LogP contribution in [0.2, 0.25) is 0 Å². The number of fused-ring (bicyclic) bond motifs is 1. The van der Waals surface area contributed by atoms with Crippen molar-refractivity contribution in [3.8, 4) is 0 Å². The molecule has 11 heavy (non-hydrogen) atoms. The van der Waals surface area contributed by atoms with Crippen molar-refractivity contribution in [2.24, 2.45) is 0 Å². The van der Waals surface area contributed by atoms with Crippen LogP contribution in [-0.2, 0) is 0 Å². The number of rotatable bonds is 1. The average Bonchev–Trinajstić information content (AvgIpc) is 2.46. The molecule has 0 radical (unpaired) electrons. The van der Waals surface area contributed by atoms with E-state index in [-0.39, 0.29) is 0 Å². The molecule has 2 aromatic heterocycles. The van der Waals surface area contributed by atoms with Crippen LogP contribution in [0, 0.1) is 0 Å². The van der Waals surface area contributed by atoms with E-state index in [1.165, 1.54) is 0 Å². The maximum Gasteiger partial charge on any atom is 0.151 e. The predicted octanol–water partition coefficient (Wildman–Crippen LogP) is 1.15. The highest BCUT2D eigenvalue weighted by Crippen LogP contribution is 2.03. The lowest BCUT2D eigenvalue weighted by atomic mass is 10.4. The van der Waals surface area contributed by atoms with E-state index in [0.29, 0.717) is 5.56 Å². The molecule has 3 nitrogen and oxygen atoms in total. The van der Waals surface area contributed by atoms with Crippen LogP contribution in [0.3, 0.4) is 0 Å². The van der Waals surface area contributed by atoms with E-state index in [2.05, 4.69) is 4.98 Å². The van der Waals surface area contributed by atoms with Crippen LogP contribution >= 0.6 is 0 Å². The van der Waals surface area contributed by atoms with Crippen molar-refractivity contribution in [1.29, 1.82) is 0 Å². The third-order valence-electron chi connectivity index (χ3n) is 1.52. The molecule has 0 bridgehead atoms. The van der Waals surface area contributed by atoms with Crippen LogP contribution in [0.25, 0.3) is 5.65 Å². The van der Waals surface area contributed by atoms with Gasteiger partial charge in [-0.05, 0) is 12.1 Å². The summed E-state index contributed by atoms with van der Waals surface area (Å²) in [6.07, 6.45) is 6.11. The number of nitrogens with zero attached hydrogens (tertiary/aromatic N) is 2. The van der Waals surface area contributed by atoms with Gasteiger partial charge >= 0.3 is 0 Å². The minimum absolute atomic E-state index is 0.656. The van der Waals surface area contributed by atoms with Gasteiger partial charge in [-0.2, -0.15) is 0 Å². The quantitative estimate of drug-likeness (QED) is 0.565. The molecule has 0 saturated heterocycles. The van der Waals surface area contributed by atoms with Gasteiger partial charge in [0.1, 0.15) is 5.65 Å². The van der Waals surface area contributed by atoms with Gasteiger partial charge in [-0.1, -0.05) is 0 Å². The van der Waals surface area contributed by atoms with Crippen LogP contribution in [0.4, 0.5) is 0 Å². The Morgan fingerprint density at radius 3 is 3.18 bits per heavy atom. The highest BCUT2D eigenvalue weighted by Gasteiger charge is 1.95. The highest BCUT2D eigenvalue weighted by molar-refractivity contribution is 5.77. The minimum Gasteiger partial charge on any atom is -0.308 e. The van der Waals surface area contributed by atoms with Crippen molar-refractivity contribution in [3.63, 3.8) is 0 Å². The lowest BCUT2D eigenvalue weighted by Crippen LogP contribution is -1.81. The Bertz CT molecular complexity index is 359. The van der Waals surface area contributed by atoms with E-state index >= 15 is 0 Å². The molecule has 0 aliphatic rings. The fraction of sp³-hybridized carbons (Fsp3) is 0. The lowest BCUT2D eigenvalue weighted by Gasteiger charge is -1.87. The molecule has 2 heterocycles. The van der Waals surface area contributed by atoms with Gasteiger partial charge in [-0.25, -0.2) is 4.98 Å². The summed E-state index contributed by atoms with van der Waals surface area (Å²) in [5.41, 5.74) is 1.46. The third kappa shape index (κ3) is 0.902. The summed E-state index contributed by atoms with van der Waals surface area (Å²) in [5.74, 6) is 0. The van der Waals surface area contributed by atoms with E-state index < -0.39 is 0 Å². The van der Waals surface area contributed by atoms with Crippen molar-refractivity contribution in [2.45, 2.75) is 0 Å². The summed E-state index contributed by atoms with van der Waals surface area (Å²) < 4.78 is 1.81. The van der Waals surface area contributed by atoms with Crippen LogP contribution < -0.4 is 0 Å². The molecule has 0 atom stereocenters. The summed E-state index contributed by atoms with van der Waals surface area (Å²) in [7, 11) is 0.